The third kappa shape index (κ3) is 4.15. The monoisotopic (exact) mass is 374 g/mol. The second-order valence-corrected chi connectivity index (χ2v) is 6.33. The van der Waals surface area contributed by atoms with Crippen molar-refractivity contribution in [1.29, 1.82) is 0 Å². The lowest BCUT2D eigenvalue weighted by molar-refractivity contribution is 0.102. The number of hydrogen-bond donors (Lipinski definition) is 1. The Morgan fingerprint density at radius 1 is 1.28 bits per heavy atom. The van der Waals surface area contributed by atoms with Gasteiger partial charge in [-0.3, -0.25) is 19.7 Å². The van der Waals surface area contributed by atoms with Crippen molar-refractivity contribution in [2.75, 3.05) is 5.32 Å². The molecule has 1 N–H and O–H groups in total. The molecular formula is C16H15ClN6OS. The second-order valence-electron chi connectivity index (χ2n) is 4.98. The molecule has 0 bridgehead atoms. The molecule has 0 fully saturated rings. The Kier molecular flexibility index (Phi) is 5.62. The molecule has 0 saturated heterocycles. The maximum absolute atomic E-state index is 12.2. The van der Waals surface area contributed by atoms with Crippen LogP contribution in [-0.4, -0.2) is 30.6 Å². The Labute approximate surface area is 153 Å². The molecule has 0 unspecified atom stereocenters. The maximum atomic E-state index is 12.2. The number of rotatable bonds is 6. The van der Waals surface area contributed by atoms with E-state index in [0.29, 0.717) is 28.4 Å². The molecule has 3 rings (SSSR count). The highest BCUT2D eigenvalue weighted by Crippen LogP contribution is 2.27. The smallest absolute Gasteiger partial charge is 0.278 e. The van der Waals surface area contributed by atoms with Gasteiger partial charge in [0.25, 0.3) is 5.91 Å². The summed E-state index contributed by atoms with van der Waals surface area (Å²) >= 11 is 7.69. The van der Waals surface area contributed by atoms with Gasteiger partial charge < -0.3 is 0 Å². The molecule has 0 aliphatic carbocycles. The molecule has 1 aromatic carbocycles. The van der Waals surface area contributed by atoms with Crippen molar-refractivity contribution in [3.05, 3.63) is 59.1 Å². The van der Waals surface area contributed by atoms with Crippen molar-refractivity contribution in [3.63, 3.8) is 0 Å². The first-order valence-corrected chi connectivity index (χ1v) is 8.92. The number of thioether (sulfide) groups is 1. The second kappa shape index (κ2) is 8.09. The van der Waals surface area contributed by atoms with Crippen LogP contribution < -0.4 is 5.32 Å². The molecule has 1 amide bonds. The van der Waals surface area contributed by atoms with Gasteiger partial charge in [-0.05, 0) is 18.6 Å². The van der Waals surface area contributed by atoms with Gasteiger partial charge in [0.15, 0.2) is 5.16 Å². The summed E-state index contributed by atoms with van der Waals surface area (Å²) in [5, 5.41) is 12.4. The van der Waals surface area contributed by atoms with Gasteiger partial charge >= 0.3 is 0 Å². The van der Waals surface area contributed by atoms with E-state index in [9.17, 15) is 4.79 Å². The minimum Gasteiger partial charge on any atom is -0.289 e. The number of carbonyl (C=O) groups excluding carboxylic acids is 1. The van der Waals surface area contributed by atoms with Crippen LogP contribution in [0, 0.1) is 0 Å². The fraction of sp³-hybridized carbons (Fsp3) is 0.188. The summed E-state index contributed by atoms with van der Waals surface area (Å²) in [7, 11) is 0. The van der Waals surface area contributed by atoms with E-state index in [0.717, 1.165) is 5.56 Å². The van der Waals surface area contributed by atoms with Crippen LogP contribution in [0.4, 0.5) is 5.95 Å². The molecule has 0 saturated carbocycles. The Morgan fingerprint density at radius 3 is 2.84 bits per heavy atom. The van der Waals surface area contributed by atoms with E-state index in [4.69, 9.17) is 11.6 Å². The van der Waals surface area contributed by atoms with Crippen LogP contribution in [0.15, 0.2) is 48.0 Å². The minimum atomic E-state index is -0.377. The molecule has 2 aromatic heterocycles. The average Bonchev–Trinajstić information content (AvgIpc) is 3.03. The maximum Gasteiger partial charge on any atom is 0.278 e. The Bertz CT molecular complexity index is 870. The topological polar surface area (TPSA) is 85.6 Å². The van der Waals surface area contributed by atoms with E-state index in [2.05, 4.69) is 25.5 Å². The summed E-state index contributed by atoms with van der Waals surface area (Å²) in [4.78, 5) is 20.1. The number of halogens is 1. The molecule has 0 atom stereocenters. The number of hydrogen-bond acceptors (Lipinski definition) is 6. The van der Waals surface area contributed by atoms with Gasteiger partial charge in [-0.1, -0.05) is 41.6 Å². The highest BCUT2D eigenvalue weighted by Gasteiger charge is 2.16. The number of nitrogens with one attached hydrogen (secondary N) is 1. The fourth-order valence-corrected chi connectivity index (χ4v) is 3.40. The molecular weight excluding hydrogens is 360 g/mol. The first kappa shape index (κ1) is 17.4. The predicted octanol–water partition coefficient (Wildman–Crippen LogP) is 3.29. The van der Waals surface area contributed by atoms with Gasteiger partial charge in [0.1, 0.15) is 5.69 Å². The number of amides is 1. The third-order valence-electron chi connectivity index (χ3n) is 3.37. The van der Waals surface area contributed by atoms with Crippen molar-refractivity contribution in [3.8, 4) is 0 Å². The van der Waals surface area contributed by atoms with Gasteiger partial charge in [0, 0.05) is 29.7 Å². The molecule has 2 heterocycles. The Morgan fingerprint density at radius 2 is 2.12 bits per heavy atom. The average molecular weight is 375 g/mol. The van der Waals surface area contributed by atoms with Crippen molar-refractivity contribution < 1.29 is 4.79 Å². The minimum absolute atomic E-state index is 0.221. The Balaban J connectivity index is 1.73. The van der Waals surface area contributed by atoms with E-state index in [1.807, 2.05) is 35.8 Å². The molecule has 0 aliphatic rings. The largest absolute Gasteiger partial charge is 0.289 e. The van der Waals surface area contributed by atoms with Crippen molar-refractivity contribution >= 4 is 35.2 Å². The predicted molar refractivity (Wildman–Crippen MR) is 96.7 cm³/mol. The highest BCUT2D eigenvalue weighted by molar-refractivity contribution is 7.98. The van der Waals surface area contributed by atoms with Gasteiger partial charge in [0.2, 0.25) is 5.95 Å². The third-order valence-corrected chi connectivity index (χ3v) is 4.75. The summed E-state index contributed by atoms with van der Waals surface area (Å²) in [6.07, 6.45) is 4.37. The number of carbonyl (C=O) groups is 1. The quantitative estimate of drug-likeness (QED) is 0.666. The first-order chi connectivity index (χ1) is 12.2. The van der Waals surface area contributed by atoms with Gasteiger partial charge in [-0.2, -0.15) is 0 Å². The summed E-state index contributed by atoms with van der Waals surface area (Å²) < 4.78 is 1.83. The summed E-state index contributed by atoms with van der Waals surface area (Å²) in [6, 6.07) is 7.66. The molecule has 9 heteroatoms. The zero-order chi connectivity index (χ0) is 17.6. The van der Waals surface area contributed by atoms with Gasteiger partial charge in [-0.25, -0.2) is 4.98 Å². The number of benzene rings is 1. The van der Waals surface area contributed by atoms with E-state index >= 15 is 0 Å². The molecule has 128 valence electrons. The molecule has 25 heavy (non-hydrogen) atoms. The van der Waals surface area contributed by atoms with Crippen LogP contribution in [0.1, 0.15) is 23.0 Å². The normalized spacial score (nSPS) is 10.6. The van der Waals surface area contributed by atoms with Crippen molar-refractivity contribution in [1.82, 2.24) is 24.7 Å². The molecule has 3 aromatic rings. The zero-order valence-electron chi connectivity index (χ0n) is 13.4. The van der Waals surface area contributed by atoms with Crippen LogP contribution in [0.25, 0.3) is 0 Å². The lowest BCUT2D eigenvalue weighted by Crippen LogP contribution is -2.17. The van der Waals surface area contributed by atoms with Crippen LogP contribution in [0.5, 0.6) is 0 Å². The Hall–Kier alpha value is -2.45. The molecule has 0 spiro atoms. The lowest BCUT2D eigenvalue weighted by Gasteiger charge is -2.08. The van der Waals surface area contributed by atoms with E-state index < -0.39 is 0 Å². The molecule has 0 aliphatic heterocycles. The highest BCUT2D eigenvalue weighted by atomic mass is 35.5. The van der Waals surface area contributed by atoms with Gasteiger partial charge in [0.05, 0.1) is 6.20 Å². The fourth-order valence-electron chi connectivity index (χ4n) is 2.11. The first-order valence-electron chi connectivity index (χ1n) is 7.55. The summed E-state index contributed by atoms with van der Waals surface area (Å²) in [5.74, 6) is 0.660. The van der Waals surface area contributed by atoms with E-state index in [-0.39, 0.29) is 11.6 Å². The van der Waals surface area contributed by atoms with Gasteiger partial charge in [-0.15, -0.1) is 10.2 Å². The molecule has 7 nitrogen and oxygen atoms in total. The number of aromatic nitrogens is 5. The number of nitrogens with zero attached hydrogens (tertiary/aromatic N) is 5. The summed E-state index contributed by atoms with van der Waals surface area (Å²) in [6.45, 7) is 2.58. The van der Waals surface area contributed by atoms with Crippen LogP contribution >= 0.6 is 23.4 Å². The summed E-state index contributed by atoms with van der Waals surface area (Å²) in [5.41, 5.74) is 1.24. The van der Waals surface area contributed by atoms with Crippen molar-refractivity contribution in [2.24, 2.45) is 0 Å². The number of anilines is 1. The van der Waals surface area contributed by atoms with E-state index in [1.54, 1.807) is 0 Å². The SMILES string of the molecule is CCn1c(NC(=O)c2cnccn2)nnc1SCc1ccccc1Cl. The lowest BCUT2D eigenvalue weighted by atomic mass is 10.2. The molecule has 0 radical (unpaired) electrons. The van der Waals surface area contributed by atoms with E-state index in [1.165, 1.54) is 30.4 Å². The van der Waals surface area contributed by atoms with Crippen LogP contribution in [-0.2, 0) is 12.3 Å². The van der Waals surface area contributed by atoms with Crippen LogP contribution in [0.3, 0.4) is 0 Å². The van der Waals surface area contributed by atoms with Crippen LogP contribution in [0.2, 0.25) is 5.02 Å². The standard InChI is InChI=1S/C16H15ClN6OS/c1-2-23-15(20-14(24)13-9-18-7-8-19-13)21-22-16(23)25-10-11-5-3-4-6-12(11)17/h3-9H,2,10H2,1H3,(H,20,21,24). The van der Waals surface area contributed by atoms with Crippen molar-refractivity contribution in [2.45, 2.75) is 24.4 Å². The zero-order valence-corrected chi connectivity index (χ0v) is 15.0.